The Morgan fingerprint density at radius 3 is 2.53 bits per heavy atom. The van der Waals surface area contributed by atoms with E-state index in [9.17, 15) is 14.7 Å². The van der Waals surface area contributed by atoms with Gasteiger partial charge >= 0.3 is 5.97 Å². The molecule has 0 atom stereocenters. The van der Waals surface area contributed by atoms with Crippen molar-refractivity contribution in [3.63, 3.8) is 0 Å². The van der Waals surface area contributed by atoms with Crippen LogP contribution in [0.25, 0.3) is 0 Å². The van der Waals surface area contributed by atoms with E-state index in [4.69, 9.17) is 4.74 Å². The summed E-state index contributed by atoms with van der Waals surface area (Å²) in [4.78, 5) is 22.6. The van der Waals surface area contributed by atoms with Gasteiger partial charge in [0.2, 0.25) is 0 Å². The molecule has 17 heavy (non-hydrogen) atoms. The van der Waals surface area contributed by atoms with Gasteiger partial charge in [0.1, 0.15) is 16.9 Å². The summed E-state index contributed by atoms with van der Waals surface area (Å²) in [5.74, 6) is -0.403. The van der Waals surface area contributed by atoms with Crippen molar-refractivity contribution in [2.24, 2.45) is 0 Å². The smallest absolute Gasteiger partial charge is 0.315 e. The van der Waals surface area contributed by atoms with Gasteiger partial charge < -0.3 is 9.84 Å². The van der Waals surface area contributed by atoms with Crippen molar-refractivity contribution in [2.75, 3.05) is 7.11 Å². The quantitative estimate of drug-likeness (QED) is 0.864. The van der Waals surface area contributed by atoms with Crippen LogP contribution in [0.3, 0.4) is 0 Å². The van der Waals surface area contributed by atoms with Crippen molar-refractivity contribution in [1.82, 2.24) is 0 Å². The zero-order valence-corrected chi connectivity index (χ0v) is 9.82. The molecule has 0 unspecified atom stereocenters. The monoisotopic (exact) mass is 234 g/mol. The molecule has 0 saturated heterocycles. The fourth-order valence-corrected chi connectivity index (χ4v) is 2.38. The largest absolute Gasteiger partial charge is 0.496 e. The van der Waals surface area contributed by atoms with Gasteiger partial charge in [0.15, 0.2) is 0 Å². The summed E-state index contributed by atoms with van der Waals surface area (Å²) in [7, 11) is 1.52. The van der Waals surface area contributed by atoms with Crippen LogP contribution in [0.4, 0.5) is 0 Å². The number of rotatable bonds is 3. The number of ketones is 1. The average molecular weight is 234 g/mol. The average Bonchev–Trinajstić information content (AvgIpc) is 2.23. The Bertz CT molecular complexity index is 482. The summed E-state index contributed by atoms with van der Waals surface area (Å²) in [6, 6.07) is 5.38. The lowest BCUT2D eigenvalue weighted by Gasteiger charge is -2.37. The molecule has 0 aromatic heterocycles. The molecule has 1 fully saturated rings. The van der Waals surface area contributed by atoms with E-state index in [2.05, 4.69) is 0 Å². The van der Waals surface area contributed by atoms with E-state index in [-0.39, 0.29) is 18.6 Å². The zero-order chi connectivity index (χ0) is 12.6. The van der Waals surface area contributed by atoms with E-state index in [1.807, 2.05) is 13.0 Å². The third-order valence-corrected chi connectivity index (χ3v) is 3.34. The van der Waals surface area contributed by atoms with Crippen LogP contribution in [-0.2, 0) is 15.0 Å². The van der Waals surface area contributed by atoms with Crippen molar-refractivity contribution in [3.05, 3.63) is 29.3 Å². The highest BCUT2D eigenvalue weighted by Crippen LogP contribution is 2.46. The number of hydrogen-bond donors (Lipinski definition) is 1. The molecule has 1 aromatic rings. The van der Waals surface area contributed by atoms with E-state index in [1.54, 1.807) is 12.1 Å². The molecule has 1 aliphatic carbocycles. The van der Waals surface area contributed by atoms with Crippen molar-refractivity contribution in [2.45, 2.75) is 25.2 Å². The molecule has 2 rings (SSSR count). The zero-order valence-electron chi connectivity index (χ0n) is 9.82. The number of carboxylic acid groups (broad SMARTS) is 1. The molecule has 1 saturated carbocycles. The molecular formula is C13H14O4. The Balaban J connectivity index is 2.55. The number of hydrogen-bond acceptors (Lipinski definition) is 3. The van der Waals surface area contributed by atoms with Gasteiger partial charge in [-0.2, -0.15) is 0 Å². The fraction of sp³-hybridized carbons (Fsp3) is 0.385. The topological polar surface area (TPSA) is 63.6 Å². The molecule has 1 N–H and O–H groups in total. The van der Waals surface area contributed by atoms with Crippen LogP contribution in [0.5, 0.6) is 5.75 Å². The maximum absolute atomic E-state index is 11.4. The Morgan fingerprint density at radius 1 is 1.41 bits per heavy atom. The van der Waals surface area contributed by atoms with Crippen molar-refractivity contribution < 1.29 is 19.4 Å². The Kier molecular flexibility index (Phi) is 2.65. The molecule has 4 heteroatoms. The van der Waals surface area contributed by atoms with Gasteiger partial charge in [0.25, 0.3) is 0 Å². The number of benzene rings is 1. The number of carboxylic acids is 1. The summed E-state index contributed by atoms with van der Waals surface area (Å²) in [6.45, 7) is 1.86. The predicted octanol–water partition coefficient (Wildman–Crippen LogP) is 1.69. The van der Waals surface area contributed by atoms with Crippen molar-refractivity contribution in [3.8, 4) is 5.75 Å². The van der Waals surface area contributed by atoms with Crippen LogP contribution in [0, 0.1) is 6.92 Å². The highest BCUT2D eigenvalue weighted by molar-refractivity contribution is 6.02. The molecule has 0 amide bonds. The first-order valence-electron chi connectivity index (χ1n) is 5.40. The predicted molar refractivity (Wildman–Crippen MR) is 61.3 cm³/mol. The van der Waals surface area contributed by atoms with Gasteiger partial charge in [-0.05, 0) is 12.5 Å². The van der Waals surface area contributed by atoms with Crippen LogP contribution in [0.1, 0.15) is 24.0 Å². The third kappa shape index (κ3) is 1.60. The second kappa shape index (κ2) is 3.87. The molecular weight excluding hydrogens is 220 g/mol. The summed E-state index contributed by atoms with van der Waals surface area (Å²) < 4.78 is 5.27. The van der Waals surface area contributed by atoms with Gasteiger partial charge in [-0.3, -0.25) is 9.59 Å². The first-order chi connectivity index (χ1) is 8.01. The van der Waals surface area contributed by atoms with Crippen LogP contribution >= 0.6 is 0 Å². The standard InChI is InChI=1S/C13H14O4/c1-8-4-3-5-10(11(8)17-2)13(12(15)16)6-9(14)7-13/h3-5H,6-7H2,1-2H3,(H,15,16). The van der Waals surface area contributed by atoms with Crippen LogP contribution in [0.15, 0.2) is 18.2 Å². The lowest BCUT2D eigenvalue weighted by molar-refractivity contribution is -0.153. The van der Waals surface area contributed by atoms with E-state index in [0.717, 1.165) is 5.56 Å². The molecule has 4 nitrogen and oxygen atoms in total. The minimum atomic E-state index is -1.09. The lowest BCUT2D eigenvalue weighted by atomic mass is 9.63. The molecule has 1 aromatic carbocycles. The Hall–Kier alpha value is -1.84. The molecule has 0 radical (unpaired) electrons. The van der Waals surface area contributed by atoms with Crippen LogP contribution in [-0.4, -0.2) is 24.0 Å². The van der Waals surface area contributed by atoms with Gasteiger partial charge in [-0.1, -0.05) is 18.2 Å². The van der Waals surface area contributed by atoms with E-state index in [1.165, 1.54) is 7.11 Å². The molecule has 0 spiro atoms. The SMILES string of the molecule is COc1c(C)cccc1C1(C(=O)O)CC(=O)C1. The summed E-state index contributed by atoms with van der Waals surface area (Å²) in [5.41, 5.74) is 0.395. The normalized spacial score (nSPS) is 17.4. The fourth-order valence-electron chi connectivity index (χ4n) is 2.38. The lowest BCUT2D eigenvalue weighted by Crippen LogP contribution is -2.48. The first kappa shape index (κ1) is 11.6. The number of ether oxygens (including phenoxy) is 1. The van der Waals surface area contributed by atoms with Crippen molar-refractivity contribution >= 4 is 11.8 Å². The number of carbonyl (C=O) groups excluding carboxylic acids is 1. The number of aliphatic carboxylic acids is 1. The third-order valence-electron chi connectivity index (χ3n) is 3.34. The van der Waals surface area contributed by atoms with Gasteiger partial charge in [0, 0.05) is 18.4 Å². The molecule has 1 aliphatic rings. The summed E-state index contributed by atoms with van der Waals surface area (Å²) in [6.07, 6.45) is 0.115. The molecule has 90 valence electrons. The minimum absolute atomic E-state index is 0.0176. The van der Waals surface area contributed by atoms with Gasteiger partial charge in [-0.15, -0.1) is 0 Å². The molecule has 0 bridgehead atoms. The summed E-state index contributed by atoms with van der Waals surface area (Å²) in [5, 5.41) is 9.36. The maximum Gasteiger partial charge on any atom is 0.315 e. The van der Waals surface area contributed by atoms with Gasteiger partial charge in [-0.25, -0.2) is 0 Å². The number of methoxy groups -OCH3 is 1. The number of aryl methyl sites for hydroxylation is 1. The summed E-state index contributed by atoms with van der Waals surface area (Å²) >= 11 is 0. The number of para-hydroxylation sites is 1. The Morgan fingerprint density at radius 2 is 2.06 bits per heavy atom. The highest BCUT2D eigenvalue weighted by atomic mass is 16.5. The maximum atomic E-state index is 11.4. The number of carbonyl (C=O) groups is 2. The molecule has 0 heterocycles. The second-order valence-electron chi connectivity index (χ2n) is 4.44. The van der Waals surface area contributed by atoms with E-state index in [0.29, 0.717) is 11.3 Å². The molecule has 0 aliphatic heterocycles. The second-order valence-corrected chi connectivity index (χ2v) is 4.44. The minimum Gasteiger partial charge on any atom is -0.496 e. The number of Topliss-reactive ketones (excluding diaryl/α,β-unsaturated/α-hetero) is 1. The van der Waals surface area contributed by atoms with Crippen LogP contribution in [0.2, 0.25) is 0 Å². The van der Waals surface area contributed by atoms with E-state index >= 15 is 0 Å². The highest BCUT2D eigenvalue weighted by Gasteiger charge is 2.53. The first-order valence-corrected chi connectivity index (χ1v) is 5.40. The van der Waals surface area contributed by atoms with Crippen LogP contribution < -0.4 is 4.74 Å². The van der Waals surface area contributed by atoms with Gasteiger partial charge in [0.05, 0.1) is 7.11 Å². The van der Waals surface area contributed by atoms with Crippen molar-refractivity contribution in [1.29, 1.82) is 0 Å². The van der Waals surface area contributed by atoms with E-state index < -0.39 is 11.4 Å². The Labute approximate surface area is 99.2 Å².